The molecule has 4 heteroatoms. The number of nitrogens with zero attached hydrogens (tertiary/aromatic N) is 1. The number of aliphatic hydroxyl groups is 1. The molecule has 1 amide bonds. The number of hydrogen-bond acceptors (Lipinski definition) is 2. The lowest BCUT2D eigenvalue weighted by Crippen LogP contribution is -2.30. The average Bonchev–Trinajstić information content (AvgIpc) is 2.88. The van der Waals surface area contributed by atoms with Crippen LogP contribution in [0.5, 0.6) is 0 Å². The largest absolute Gasteiger partial charge is 0.396 e. The summed E-state index contributed by atoms with van der Waals surface area (Å²) in [4.78, 5) is 14.2. The first-order chi connectivity index (χ1) is 9.22. The summed E-state index contributed by atoms with van der Waals surface area (Å²) >= 11 is 3.49. The molecule has 1 N–H and O–H groups in total. The Kier molecular flexibility index (Phi) is 5.40. The van der Waals surface area contributed by atoms with Crippen molar-refractivity contribution in [1.29, 1.82) is 0 Å². The average molecular weight is 326 g/mol. The van der Waals surface area contributed by atoms with Gasteiger partial charge in [-0.2, -0.15) is 0 Å². The van der Waals surface area contributed by atoms with Crippen molar-refractivity contribution in [2.45, 2.75) is 38.1 Å². The van der Waals surface area contributed by atoms with E-state index in [1.807, 2.05) is 17.0 Å². The van der Waals surface area contributed by atoms with Crippen molar-refractivity contribution in [3.8, 4) is 0 Å². The number of halogens is 1. The number of aliphatic hydroxyl groups excluding tert-OH is 1. The van der Waals surface area contributed by atoms with E-state index in [0.29, 0.717) is 12.8 Å². The number of hydrogen-bond donors (Lipinski definition) is 1. The Morgan fingerprint density at radius 2 is 2.26 bits per heavy atom. The van der Waals surface area contributed by atoms with Gasteiger partial charge in [0, 0.05) is 24.0 Å². The first-order valence-corrected chi connectivity index (χ1v) is 7.67. The maximum absolute atomic E-state index is 12.2. The van der Waals surface area contributed by atoms with Gasteiger partial charge in [0.1, 0.15) is 0 Å². The van der Waals surface area contributed by atoms with Crippen molar-refractivity contribution < 1.29 is 9.90 Å². The van der Waals surface area contributed by atoms with E-state index in [1.54, 1.807) is 0 Å². The molecular formula is C15H20BrNO2. The fourth-order valence-corrected chi connectivity index (χ4v) is 3.07. The highest BCUT2D eigenvalue weighted by atomic mass is 79.9. The van der Waals surface area contributed by atoms with Crippen molar-refractivity contribution in [1.82, 2.24) is 4.90 Å². The molecular weight excluding hydrogens is 306 g/mol. The van der Waals surface area contributed by atoms with Crippen LogP contribution in [0.4, 0.5) is 0 Å². The molecule has 1 aliphatic rings. The quantitative estimate of drug-likeness (QED) is 0.844. The van der Waals surface area contributed by atoms with Crippen LogP contribution in [0, 0.1) is 0 Å². The van der Waals surface area contributed by atoms with E-state index in [-0.39, 0.29) is 18.6 Å². The van der Waals surface area contributed by atoms with Crippen LogP contribution in [0.15, 0.2) is 28.7 Å². The van der Waals surface area contributed by atoms with Gasteiger partial charge in [0.15, 0.2) is 0 Å². The molecule has 1 heterocycles. The van der Waals surface area contributed by atoms with Gasteiger partial charge in [-0.15, -0.1) is 0 Å². The van der Waals surface area contributed by atoms with Crippen LogP contribution in [-0.2, 0) is 4.79 Å². The van der Waals surface area contributed by atoms with Crippen molar-refractivity contribution in [3.63, 3.8) is 0 Å². The summed E-state index contributed by atoms with van der Waals surface area (Å²) in [5, 5.41) is 8.77. The zero-order chi connectivity index (χ0) is 13.7. The van der Waals surface area contributed by atoms with Gasteiger partial charge in [0.2, 0.25) is 5.91 Å². The lowest BCUT2D eigenvalue weighted by Gasteiger charge is -2.25. The zero-order valence-electron chi connectivity index (χ0n) is 11.0. The van der Waals surface area contributed by atoms with Gasteiger partial charge in [0.05, 0.1) is 6.04 Å². The SMILES string of the molecule is O=C(CCCCO)N1CCCC1c1cccc(Br)c1. The molecule has 19 heavy (non-hydrogen) atoms. The molecule has 0 saturated carbocycles. The van der Waals surface area contributed by atoms with Crippen LogP contribution in [0.3, 0.4) is 0 Å². The van der Waals surface area contributed by atoms with Crippen molar-refractivity contribution in [2.24, 2.45) is 0 Å². The highest BCUT2D eigenvalue weighted by Gasteiger charge is 2.29. The van der Waals surface area contributed by atoms with E-state index in [9.17, 15) is 4.79 Å². The summed E-state index contributed by atoms with van der Waals surface area (Å²) in [6.45, 7) is 1.03. The Morgan fingerprint density at radius 1 is 1.42 bits per heavy atom. The molecule has 1 unspecified atom stereocenters. The standard InChI is InChI=1S/C15H20BrNO2/c16-13-6-3-5-12(11-13)14-7-4-9-17(14)15(19)8-1-2-10-18/h3,5-6,11,14,18H,1-2,4,7-10H2. The highest BCUT2D eigenvalue weighted by molar-refractivity contribution is 9.10. The molecule has 1 saturated heterocycles. The van der Waals surface area contributed by atoms with Crippen LogP contribution < -0.4 is 0 Å². The number of rotatable bonds is 5. The number of unbranched alkanes of at least 4 members (excludes halogenated alkanes) is 1. The predicted octanol–water partition coefficient (Wildman–Crippen LogP) is 3.28. The van der Waals surface area contributed by atoms with Crippen LogP contribution >= 0.6 is 15.9 Å². The van der Waals surface area contributed by atoms with E-state index in [2.05, 4.69) is 28.1 Å². The van der Waals surface area contributed by atoms with Gasteiger partial charge in [-0.05, 0) is 43.4 Å². The summed E-state index contributed by atoms with van der Waals surface area (Å²) in [6.07, 6.45) is 4.15. The molecule has 0 spiro atoms. The van der Waals surface area contributed by atoms with Crippen LogP contribution in [0.2, 0.25) is 0 Å². The molecule has 2 rings (SSSR count). The van der Waals surface area contributed by atoms with Gasteiger partial charge < -0.3 is 10.0 Å². The molecule has 1 fully saturated rings. The molecule has 1 atom stereocenters. The van der Waals surface area contributed by atoms with Gasteiger partial charge >= 0.3 is 0 Å². The van der Waals surface area contributed by atoms with E-state index >= 15 is 0 Å². The monoisotopic (exact) mass is 325 g/mol. The van der Waals surface area contributed by atoms with E-state index in [1.165, 1.54) is 5.56 Å². The molecule has 1 aromatic rings. The van der Waals surface area contributed by atoms with Gasteiger partial charge in [-0.25, -0.2) is 0 Å². The molecule has 104 valence electrons. The summed E-state index contributed by atoms with van der Waals surface area (Å²) in [5.41, 5.74) is 1.21. The third kappa shape index (κ3) is 3.80. The molecule has 0 radical (unpaired) electrons. The lowest BCUT2D eigenvalue weighted by molar-refractivity contribution is -0.132. The van der Waals surface area contributed by atoms with E-state index in [4.69, 9.17) is 5.11 Å². The number of likely N-dealkylation sites (tertiary alicyclic amines) is 1. The Hall–Kier alpha value is -0.870. The number of benzene rings is 1. The Bertz CT molecular complexity index is 436. The predicted molar refractivity (Wildman–Crippen MR) is 78.8 cm³/mol. The minimum Gasteiger partial charge on any atom is -0.396 e. The third-order valence-electron chi connectivity index (χ3n) is 3.61. The van der Waals surface area contributed by atoms with Gasteiger partial charge in [-0.3, -0.25) is 4.79 Å². The molecule has 1 aromatic carbocycles. The van der Waals surface area contributed by atoms with E-state index in [0.717, 1.165) is 30.3 Å². The minimum atomic E-state index is 0.169. The van der Waals surface area contributed by atoms with Gasteiger partial charge in [-0.1, -0.05) is 28.1 Å². The fourth-order valence-electron chi connectivity index (χ4n) is 2.66. The molecule has 0 bridgehead atoms. The smallest absolute Gasteiger partial charge is 0.223 e. The Morgan fingerprint density at radius 3 is 3.00 bits per heavy atom. The molecule has 3 nitrogen and oxygen atoms in total. The summed E-state index contributed by atoms with van der Waals surface area (Å²) in [5.74, 6) is 0.218. The lowest BCUT2D eigenvalue weighted by atomic mass is 10.0. The second-order valence-corrected chi connectivity index (χ2v) is 5.90. The second kappa shape index (κ2) is 7.06. The fraction of sp³-hybridized carbons (Fsp3) is 0.533. The van der Waals surface area contributed by atoms with Crippen molar-refractivity contribution >= 4 is 21.8 Å². The van der Waals surface area contributed by atoms with E-state index < -0.39 is 0 Å². The maximum Gasteiger partial charge on any atom is 0.223 e. The number of carbonyl (C=O) groups excluding carboxylic acids is 1. The molecule has 0 aliphatic carbocycles. The second-order valence-electron chi connectivity index (χ2n) is 4.98. The summed E-state index contributed by atoms with van der Waals surface area (Å²) in [7, 11) is 0. The Labute approximate surface area is 122 Å². The summed E-state index contributed by atoms with van der Waals surface area (Å²) < 4.78 is 1.06. The maximum atomic E-state index is 12.2. The van der Waals surface area contributed by atoms with Crippen LogP contribution in [-0.4, -0.2) is 29.1 Å². The van der Waals surface area contributed by atoms with Crippen LogP contribution in [0.1, 0.15) is 43.7 Å². The first-order valence-electron chi connectivity index (χ1n) is 6.88. The third-order valence-corrected chi connectivity index (χ3v) is 4.10. The highest BCUT2D eigenvalue weighted by Crippen LogP contribution is 2.33. The normalized spacial score (nSPS) is 18.8. The zero-order valence-corrected chi connectivity index (χ0v) is 12.6. The first kappa shape index (κ1) is 14.5. The summed E-state index contributed by atoms with van der Waals surface area (Å²) in [6, 6.07) is 8.44. The van der Waals surface area contributed by atoms with Crippen molar-refractivity contribution in [3.05, 3.63) is 34.3 Å². The molecule has 0 aromatic heterocycles. The number of carbonyl (C=O) groups is 1. The van der Waals surface area contributed by atoms with Crippen LogP contribution in [0.25, 0.3) is 0 Å². The topological polar surface area (TPSA) is 40.5 Å². The number of amides is 1. The van der Waals surface area contributed by atoms with Crippen molar-refractivity contribution in [2.75, 3.05) is 13.2 Å². The molecule has 1 aliphatic heterocycles. The Balaban J connectivity index is 2.02. The van der Waals surface area contributed by atoms with Gasteiger partial charge in [0.25, 0.3) is 0 Å². The minimum absolute atomic E-state index is 0.169.